The average Bonchev–Trinajstić information content (AvgIpc) is 3.15. The number of hydrogen-bond acceptors (Lipinski definition) is 2. The van der Waals surface area contributed by atoms with Crippen molar-refractivity contribution in [3.05, 3.63) is 0 Å². The van der Waals surface area contributed by atoms with Gasteiger partial charge in [-0.15, -0.1) is 0 Å². The summed E-state index contributed by atoms with van der Waals surface area (Å²) < 4.78 is 0. The lowest BCUT2D eigenvalue weighted by Gasteiger charge is -2.31. The summed E-state index contributed by atoms with van der Waals surface area (Å²) in [5.74, 6) is 0.949. The zero-order chi connectivity index (χ0) is 11.2. The number of carboxylic acid groups (broad SMARTS) is 1. The van der Waals surface area contributed by atoms with Crippen LogP contribution in [-0.4, -0.2) is 22.7 Å². The van der Waals surface area contributed by atoms with Crippen molar-refractivity contribution >= 4 is 5.97 Å². The molecule has 3 fully saturated rings. The number of hydrogen-bond donors (Lipinski definition) is 2. The quantitative estimate of drug-likeness (QED) is 0.751. The first kappa shape index (κ1) is 10.6. The van der Waals surface area contributed by atoms with Crippen molar-refractivity contribution in [2.45, 2.75) is 62.9 Å². The summed E-state index contributed by atoms with van der Waals surface area (Å²) in [7, 11) is 0. The molecule has 3 rings (SSSR count). The van der Waals surface area contributed by atoms with Crippen molar-refractivity contribution in [1.29, 1.82) is 0 Å². The molecule has 0 atom stereocenters. The highest BCUT2D eigenvalue weighted by Crippen LogP contribution is 2.46. The first-order valence-corrected chi connectivity index (χ1v) is 6.72. The molecule has 0 unspecified atom stereocenters. The van der Waals surface area contributed by atoms with Gasteiger partial charge in [0.1, 0.15) is 5.54 Å². The lowest BCUT2D eigenvalue weighted by atomic mass is 9.94. The average molecular weight is 223 g/mol. The Morgan fingerprint density at radius 3 is 2.00 bits per heavy atom. The zero-order valence-electron chi connectivity index (χ0n) is 9.74. The first-order chi connectivity index (χ1) is 7.71. The Morgan fingerprint density at radius 1 is 1.12 bits per heavy atom. The summed E-state index contributed by atoms with van der Waals surface area (Å²) in [6.07, 6.45) is 9.04. The van der Waals surface area contributed by atoms with E-state index in [-0.39, 0.29) is 0 Å². The number of carboxylic acids is 1. The predicted octanol–water partition coefficient (Wildman–Crippen LogP) is 2.16. The van der Waals surface area contributed by atoms with E-state index in [2.05, 4.69) is 5.32 Å². The molecule has 0 aromatic carbocycles. The molecule has 3 aliphatic carbocycles. The van der Waals surface area contributed by atoms with Gasteiger partial charge in [-0.05, 0) is 50.4 Å². The fraction of sp³-hybridized carbons (Fsp3) is 0.923. The van der Waals surface area contributed by atoms with E-state index >= 15 is 0 Å². The monoisotopic (exact) mass is 223 g/mol. The van der Waals surface area contributed by atoms with Gasteiger partial charge >= 0.3 is 5.97 Å². The molecule has 0 aromatic rings. The Bertz CT molecular complexity index is 276. The SMILES string of the molecule is O=C(O)C1(NC(C2CC2)C2CC2)CCCC1. The molecule has 0 radical (unpaired) electrons. The molecule has 0 aromatic heterocycles. The highest BCUT2D eigenvalue weighted by Gasteiger charge is 2.49. The Morgan fingerprint density at radius 2 is 1.62 bits per heavy atom. The van der Waals surface area contributed by atoms with Gasteiger partial charge in [0.05, 0.1) is 0 Å². The van der Waals surface area contributed by atoms with Crippen LogP contribution in [0.15, 0.2) is 0 Å². The fourth-order valence-electron chi connectivity index (χ4n) is 3.25. The molecule has 0 saturated heterocycles. The molecule has 2 N–H and O–H groups in total. The third-order valence-electron chi connectivity index (χ3n) is 4.57. The standard InChI is InChI=1S/C13H21NO2/c15-12(16)13(7-1-2-8-13)14-11(9-3-4-9)10-5-6-10/h9-11,14H,1-8H2,(H,15,16). The summed E-state index contributed by atoms with van der Waals surface area (Å²) in [4.78, 5) is 11.5. The van der Waals surface area contributed by atoms with Gasteiger partial charge in [-0.1, -0.05) is 12.8 Å². The Balaban J connectivity index is 1.71. The largest absolute Gasteiger partial charge is 0.480 e. The van der Waals surface area contributed by atoms with Gasteiger partial charge in [0.25, 0.3) is 0 Å². The second-order valence-electron chi connectivity index (χ2n) is 5.94. The molecule has 0 amide bonds. The van der Waals surface area contributed by atoms with Crippen molar-refractivity contribution < 1.29 is 9.90 Å². The molecule has 90 valence electrons. The van der Waals surface area contributed by atoms with E-state index < -0.39 is 11.5 Å². The van der Waals surface area contributed by atoms with E-state index in [1.54, 1.807) is 0 Å². The second-order valence-corrected chi connectivity index (χ2v) is 5.94. The summed E-state index contributed by atoms with van der Waals surface area (Å²) >= 11 is 0. The van der Waals surface area contributed by atoms with Gasteiger partial charge in [-0.25, -0.2) is 0 Å². The molecular formula is C13H21NO2. The topological polar surface area (TPSA) is 49.3 Å². The number of carbonyl (C=O) groups is 1. The Hall–Kier alpha value is -0.570. The van der Waals surface area contributed by atoms with Gasteiger partial charge in [-0.3, -0.25) is 10.1 Å². The maximum atomic E-state index is 11.5. The molecule has 0 heterocycles. The van der Waals surface area contributed by atoms with Crippen LogP contribution in [0, 0.1) is 11.8 Å². The van der Waals surface area contributed by atoms with Crippen LogP contribution in [0.2, 0.25) is 0 Å². The summed E-state index contributed by atoms with van der Waals surface area (Å²) in [5, 5.41) is 13.0. The van der Waals surface area contributed by atoms with Gasteiger partial charge in [0, 0.05) is 6.04 Å². The molecular weight excluding hydrogens is 202 g/mol. The van der Waals surface area contributed by atoms with Crippen molar-refractivity contribution in [2.24, 2.45) is 11.8 Å². The molecule has 3 nitrogen and oxygen atoms in total. The van der Waals surface area contributed by atoms with E-state index in [4.69, 9.17) is 0 Å². The molecule has 3 aliphatic rings. The normalized spacial score (nSPS) is 28.6. The van der Waals surface area contributed by atoms with E-state index in [9.17, 15) is 9.90 Å². The molecule has 0 aliphatic heterocycles. The fourth-order valence-corrected chi connectivity index (χ4v) is 3.25. The minimum atomic E-state index is -0.615. The van der Waals surface area contributed by atoms with Crippen LogP contribution < -0.4 is 5.32 Å². The van der Waals surface area contributed by atoms with Crippen molar-refractivity contribution in [2.75, 3.05) is 0 Å². The smallest absolute Gasteiger partial charge is 0.323 e. The minimum absolute atomic E-state index is 0.509. The lowest BCUT2D eigenvalue weighted by molar-refractivity contribution is -0.145. The molecule has 0 spiro atoms. The van der Waals surface area contributed by atoms with Gasteiger partial charge < -0.3 is 5.11 Å². The van der Waals surface area contributed by atoms with E-state index in [1.165, 1.54) is 25.7 Å². The summed E-state index contributed by atoms with van der Waals surface area (Å²) in [5.41, 5.74) is -0.574. The van der Waals surface area contributed by atoms with Crippen LogP contribution in [0.25, 0.3) is 0 Å². The molecule has 3 heteroatoms. The van der Waals surface area contributed by atoms with Crippen molar-refractivity contribution in [3.8, 4) is 0 Å². The minimum Gasteiger partial charge on any atom is -0.480 e. The van der Waals surface area contributed by atoms with Gasteiger partial charge in [0.2, 0.25) is 0 Å². The highest BCUT2D eigenvalue weighted by molar-refractivity contribution is 5.79. The molecule has 3 saturated carbocycles. The zero-order valence-corrected chi connectivity index (χ0v) is 9.74. The summed E-state index contributed by atoms with van der Waals surface area (Å²) in [6.45, 7) is 0. The predicted molar refractivity (Wildman–Crippen MR) is 61.2 cm³/mol. The van der Waals surface area contributed by atoms with Crippen LogP contribution in [0.1, 0.15) is 51.4 Å². The highest BCUT2D eigenvalue weighted by atomic mass is 16.4. The number of rotatable bonds is 5. The third-order valence-corrected chi connectivity index (χ3v) is 4.57. The Kier molecular flexibility index (Phi) is 2.46. The third kappa shape index (κ3) is 1.86. The maximum Gasteiger partial charge on any atom is 0.323 e. The van der Waals surface area contributed by atoms with Gasteiger partial charge in [-0.2, -0.15) is 0 Å². The van der Waals surface area contributed by atoms with Crippen LogP contribution in [0.5, 0.6) is 0 Å². The van der Waals surface area contributed by atoms with Gasteiger partial charge in [0.15, 0.2) is 0 Å². The van der Waals surface area contributed by atoms with E-state index in [0.29, 0.717) is 6.04 Å². The van der Waals surface area contributed by atoms with Crippen LogP contribution in [0.3, 0.4) is 0 Å². The number of aliphatic carboxylic acids is 1. The second kappa shape index (κ2) is 3.73. The van der Waals surface area contributed by atoms with E-state index in [0.717, 1.165) is 37.5 Å². The molecule has 0 bridgehead atoms. The lowest BCUT2D eigenvalue weighted by Crippen LogP contribution is -2.55. The first-order valence-electron chi connectivity index (χ1n) is 6.72. The van der Waals surface area contributed by atoms with Crippen LogP contribution >= 0.6 is 0 Å². The maximum absolute atomic E-state index is 11.5. The van der Waals surface area contributed by atoms with Crippen LogP contribution in [-0.2, 0) is 4.79 Å². The number of nitrogens with one attached hydrogen (secondary N) is 1. The molecule has 16 heavy (non-hydrogen) atoms. The van der Waals surface area contributed by atoms with Crippen molar-refractivity contribution in [3.63, 3.8) is 0 Å². The van der Waals surface area contributed by atoms with E-state index in [1.807, 2.05) is 0 Å². The van der Waals surface area contributed by atoms with Crippen LogP contribution in [0.4, 0.5) is 0 Å². The van der Waals surface area contributed by atoms with Crippen molar-refractivity contribution in [1.82, 2.24) is 5.32 Å². The summed E-state index contributed by atoms with van der Waals surface area (Å²) in [6, 6.07) is 0.509. The Labute approximate surface area is 96.6 Å².